The number of rotatable bonds is 0. The van der Waals surface area contributed by atoms with Gasteiger partial charge in [0.25, 0.3) is 0 Å². The third-order valence-electron chi connectivity index (χ3n) is 4.23. The first-order valence-electron chi connectivity index (χ1n) is 4.70. The van der Waals surface area contributed by atoms with Crippen LogP contribution in [0.1, 0.15) is 33.6 Å². The molecule has 4 unspecified atom stereocenters. The van der Waals surface area contributed by atoms with Gasteiger partial charge in [-0.05, 0) is 42.4 Å². The average molecular weight is 138 g/mol. The summed E-state index contributed by atoms with van der Waals surface area (Å²) in [6.45, 7) is 7.33. The Labute approximate surface area is 64.0 Å². The molecular weight excluding hydrogens is 120 g/mol. The van der Waals surface area contributed by atoms with E-state index in [1.165, 1.54) is 6.42 Å². The van der Waals surface area contributed by atoms with Gasteiger partial charge in [-0.1, -0.05) is 20.8 Å². The lowest BCUT2D eigenvalue weighted by Crippen LogP contribution is -2.22. The maximum absolute atomic E-state index is 2.45. The van der Waals surface area contributed by atoms with E-state index in [4.69, 9.17) is 0 Å². The zero-order valence-electron chi connectivity index (χ0n) is 7.30. The van der Waals surface area contributed by atoms with E-state index in [9.17, 15) is 0 Å². The minimum atomic E-state index is 1.02. The molecule has 0 aromatic carbocycles. The predicted molar refractivity (Wildman–Crippen MR) is 43.7 cm³/mol. The van der Waals surface area contributed by atoms with E-state index in [1.54, 1.807) is 6.42 Å². The highest BCUT2D eigenvalue weighted by molar-refractivity contribution is 4.95. The summed E-state index contributed by atoms with van der Waals surface area (Å²) in [6, 6.07) is 0. The molecular formula is C10H18. The number of fused-ring (bicyclic) bond motifs is 2. The molecule has 2 fully saturated rings. The van der Waals surface area contributed by atoms with E-state index in [-0.39, 0.29) is 0 Å². The molecule has 0 aromatic rings. The van der Waals surface area contributed by atoms with Crippen LogP contribution in [0, 0.1) is 29.6 Å². The van der Waals surface area contributed by atoms with Gasteiger partial charge in [0.05, 0.1) is 0 Å². The van der Waals surface area contributed by atoms with Crippen molar-refractivity contribution in [1.29, 1.82) is 0 Å². The third-order valence-corrected chi connectivity index (χ3v) is 4.23. The molecule has 5 atom stereocenters. The molecule has 0 saturated heterocycles. The van der Waals surface area contributed by atoms with Crippen molar-refractivity contribution in [3.05, 3.63) is 0 Å². The zero-order chi connectivity index (χ0) is 7.30. The van der Waals surface area contributed by atoms with Crippen molar-refractivity contribution in [3.8, 4) is 0 Å². The highest BCUT2D eigenvalue weighted by atomic mass is 14.5. The second-order valence-electron chi connectivity index (χ2n) is 4.59. The molecule has 0 heteroatoms. The normalized spacial score (nSPS) is 59.7. The second kappa shape index (κ2) is 1.99. The Morgan fingerprint density at radius 2 is 1.60 bits per heavy atom. The van der Waals surface area contributed by atoms with Crippen molar-refractivity contribution in [1.82, 2.24) is 0 Å². The first kappa shape index (κ1) is 6.69. The summed E-state index contributed by atoms with van der Waals surface area (Å²) < 4.78 is 0. The van der Waals surface area contributed by atoms with Crippen LogP contribution in [-0.4, -0.2) is 0 Å². The van der Waals surface area contributed by atoms with Crippen LogP contribution in [0.15, 0.2) is 0 Å². The van der Waals surface area contributed by atoms with E-state index >= 15 is 0 Å². The van der Waals surface area contributed by atoms with Crippen LogP contribution in [0.4, 0.5) is 0 Å². The Morgan fingerprint density at radius 1 is 0.900 bits per heavy atom. The van der Waals surface area contributed by atoms with Crippen molar-refractivity contribution in [2.24, 2.45) is 29.6 Å². The fraction of sp³-hybridized carbons (Fsp3) is 1.00. The van der Waals surface area contributed by atoms with Gasteiger partial charge in [-0.15, -0.1) is 0 Å². The fourth-order valence-electron chi connectivity index (χ4n) is 3.31. The summed E-state index contributed by atoms with van der Waals surface area (Å²) in [7, 11) is 0. The Hall–Kier alpha value is 0. The molecule has 0 radical (unpaired) electrons. The number of hydrogen-bond acceptors (Lipinski definition) is 0. The van der Waals surface area contributed by atoms with Crippen molar-refractivity contribution in [2.45, 2.75) is 33.6 Å². The lowest BCUT2D eigenvalue weighted by atomic mass is 9.77. The van der Waals surface area contributed by atoms with Crippen LogP contribution in [0.3, 0.4) is 0 Å². The highest BCUT2D eigenvalue weighted by Crippen LogP contribution is 2.54. The molecule has 2 rings (SSSR count). The lowest BCUT2D eigenvalue weighted by molar-refractivity contribution is 0.201. The largest absolute Gasteiger partial charge is 0.0622 e. The molecule has 0 aliphatic heterocycles. The molecule has 0 aromatic heterocycles. The van der Waals surface area contributed by atoms with E-state index in [1.807, 2.05) is 0 Å². The summed E-state index contributed by atoms with van der Waals surface area (Å²) in [4.78, 5) is 0. The van der Waals surface area contributed by atoms with Gasteiger partial charge in [0, 0.05) is 0 Å². The molecule has 2 aliphatic carbocycles. The Bertz CT molecular complexity index is 137. The maximum Gasteiger partial charge on any atom is -0.0357 e. The quantitative estimate of drug-likeness (QED) is 0.483. The minimum absolute atomic E-state index is 1.02. The van der Waals surface area contributed by atoms with Crippen LogP contribution in [0.25, 0.3) is 0 Å². The van der Waals surface area contributed by atoms with Crippen LogP contribution >= 0.6 is 0 Å². The SMILES string of the molecule is CC1CC2CC1[C@@H](C)C2C. The lowest BCUT2D eigenvalue weighted by Gasteiger charge is -2.29. The zero-order valence-corrected chi connectivity index (χ0v) is 7.30. The van der Waals surface area contributed by atoms with Crippen molar-refractivity contribution < 1.29 is 0 Å². The summed E-state index contributed by atoms with van der Waals surface area (Å²) in [6.07, 6.45) is 3.07. The monoisotopic (exact) mass is 138 g/mol. The molecule has 0 nitrogen and oxygen atoms in total. The smallest absolute Gasteiger partial charge is 0.0357 e. The summed E-state index contributed by atoms with van der Waals surface area (Å²) in [5.41, 5.74) is 0. The Kier molecular flexibility index (Phi) is 1.33. The van der Waals surface area contributed by atoms with Gasteiger partial charge >= 0.3 is 0 Å². The first-order valence-corrected chi connectivity index (χ1v) is 4.70. The first-order chi connectivity index (χ1) is 4.70. The second-order valence-corrected chi connectivity index (χ2v) is 4.59. The third kappa shape index (κ3) is 0.681. The summed E-state index contributed by atoms with van der Waals surface area (Å²) in [5.74, 6) is 5.26. The molecule has 0 N–H and O–H groups in total. The molecule has 0 spiro atoms. The van der Waals surface area contributed by atoms with Crippen LogP contribution in [0.5, 0.6) is 0 Å². The van der Waals surface area contributed by atoms with Gasteiger partial charge in [-0.2, -0.15) is 0 Å². The average Bonchev–Trinajstić information content (AvgIpc) is 2.36. The van der Waals surface area contributed by atoms with Crippen LogP contribution in [0.2, 0.25) is 0 Å². The maximum atomic E-state index is 2.45. The summed E-state index contributed by atoms with van der Waals surface area (Å²) in [5, 5.41) is 0. The molecule has 10 heavy (non-hydrogen) atoms. The van der Waals surface area contributed by atoms with Crippen molar-refractivity contribution in [2.75, 3.05) is 0 Å². The molecule has 2 saturated carbocycles. The topological polar surface area (TPSA) is 0 Å². The molecule has 0 heterocycles. The van der Waals surface area contributed by atoms with Crippen molar-refractivity contribution >= 4 is 0 Å². The van der Waals surface area contributed by atoms with Gasteiger partial charge in [0.1, 0.15) is 0 Å². The van der Waals surface area contributed by atoms with E-state index in [2.05, 4.69) is 20.8 Å². The highest BCUT2D eigenvalue weighted by Gasteiger charge is 2.46. The Balaban J connectivity index is 2.16. The minimum Gasteiger partial charge on any atom is -0.0622 e. The molecule has 58 valence electrons. The van der Waals surface area contributed by atoms with Gasteiger partial charge in [0.2, 0.25) is 0 Å². The van der Waals surface area contributed by atoms with Crippen LogP contribution in [-0.2, 0) is 0 Å². The van der Waals surface area contributed by atoms with E-state index in [0.29, 0.717) is 0 Å². The number of hydrogen-bond donors (Lipinski definition) is 0. The van der Waals surface area contributed by atoms with Crippen LogP contribution < -0.4 is 0 Å². The fourth-order valence-corrected chi connectivity index (χ4v) is 3.31. The van der Waals surface area contributed by atoms with E-state index < -0.39 is 0 Å². The Morgan fingerprint density at radius 3 is 2.00 bits per heavy atom. The molecule has 2 bridgehead atoms. The van der Waals surface area contributed by atoms with Gasteiger partial charge in [0.15, 0.2) is 0 Å². The molecule has 0 amide bonds. The molecule has 2 aliphatic rings. The van der Waals surface area contributed by atoms with Gasteiger partial charge in [-0.25, -0.2) is 0 Å². The van der Waals surface area contributed by atoms with Gasteiger partial charge < -0.3 is 0 Å². The van der Waals surface area contributed by atoms with E-state index in [0.717, 1.165) is 29.6 Å². The predicted octanol–water partition coefficient (Wildman–Crippen LogP) is 2.93. The standard InChI is InChI=1S/C10H18/c1-6-4-9-5-10(6)8(3)7(9)2/h6-10H,4-5H2,1-3H3/t6?,7?,8-,9?,10?/m0/s1. The summed E-state index contributed by atoms with van der Waals surface area (Å²) >= 11 is 0. The van der Waals surface area contributed by atoms with Crippen molar-refractivity contribution in [3.63, 3.8) is 0 Å². The van der Waals surface area contributed by atoms with Gasteiger partial charge in [-0.3, -0.25) is 0 Å².